The zero-order valence-corrected chi connectivity index (χ0v) is 36.6. The van der Waals surface area contributed by atoms with Crippen molar-refractivity contribution >= 4 is 16.0 Å². The summed E-state index contributed by atoms with van der Waals surface area (Å²) in [5, 5.41) is 13.2. The first-order chi connectivity index (χ1) is 26.8. The summed E-state index contributed by atoms with van der Waals surface area (Å²) in [5.74, 6) is -1.02. The Balaban J connectivity index is 3.94. The molecule has 0 aromatic carbocycles. The second-order valence-electron chi connectivity index (χ2n) is 15.7. The Morgan fingerprint density at radius 1 is 0.491 bits per heavy atom. The topological polar surface area (TPSA) is 104 Å². The van der Waals surface area contributed by atoms with Gasteiger partial charge in [0.1, 0.15) is 0 Å². The number of aliphatic hydroxyl groups is 1. The average Bonchev–Trinajstić information content (AvgIpc) is 3.15. The third kappa shape index (κ3) is 43.0. The first-order valence-corrected chi connectivity index (χ1v) is 24.6. The van der Waals surface area contributed by atoms with Crippen LogP contribution in [-0.2, 0) is 14.9 Å². The van der Waals surface area contributed by atoms with E-state index in [9.17, 15) is 22.9 Å². The molecule has 0 spiro atoms. The van der Waals surface area contributed by atoms with Gasteiger partial charge in [0.25, 0.3) is 10.1 Å². The molecule has 0 aliphatic carbocycles. The van der Waals surface area contributed by atoms with Crippen LogP contribution in [0.3, 0.4) is 0 Å². The molecule has 0 fully saturated rings. The molecule has 0 aromatic heterocycles. The zero-order chi connectivity index (χ0) is 40.3. The Morgan fingerprint density at radius 3 is 1.31 bits per heavy atom. The summed E-state index contributed by atoms with van der Waals surface area (Å²) < 4.78 is 32.6. The number of hydrogen-bond donors (Lipinski definition) is 3. The molecule has 1 amide bonds. The van der Waals surface area contributed by atoms with E-state index in [2.05, 4.69) is 67.8 Å². The van der Waals surface area contributed by atoms with Crippen molar-refractivity contribution in [2.45, 2.75) is 231 Å². The predicted octanol–water partition coefficient (Wildman–Crippen LogP) is 14.0. The minimum atomic E-state index is -4.36. The molecule has 0 saturated carbocycles. The van der Waals surface area contributed by atoms with E-state index in [0.717, 1.165) is 51.4 Å². The number of aliphatic hydroxyl groups excluding tert-OH is 1. The fourth-order valence-corrected chi connectivity index (χ4v) is 7.44. The van der Waals surface area contributed by atoms with Crippen molar-refractivity contribution in [3.05, 3.63) is 60.8 Å². The van der Waals surface area contributed by atoms with Crippen LogP contribution in [0.5, 0.6) is 0 Å². The van der Waals surface area contributed by atoms with E-state index in [1.54, 1.807) is 0 Å². The molecule has 55 heavy (non-hydrogen) atoms. The summed E-state index contributed by atoms with van der Waals surface area (Å²) in [6.45, 7) is 4.51. The van der Waals surface area contributed by atoms with Crippen molar-refractivity contribution in [2.24, 2.45) is 0 Å². The Labute approximate surface area is 341 Å². The Bertz CT molecular complexity index is 1090. The number of amides is 1. The van der Waals surface area contributed by atoms with Crippen LogP contribution >= 0.6 is 0 Å². The highest BCUT2D eigenvalue weighted by Crippen LogP contribution is 2.14. The fourth-order valence-electron chi connectivity index (χ4n) is 6.71. The summed E-state index contributed by atoms with van der Waals surface area (Å²) in [5.41, 5.74) is 0. The average molecular weight is 790 g/mol. The van der Waals surface area contributed by atoms with Gasteiger partial charge in [-0.05, 0) is 70.6 Å². The zero-order valence-electron chi connectivity index (χ0n) is 35.8. The lowest BCUT2D eigenvalue weighted by molar-refractivity contribution is -0.122. The summed E-state index contributed by atoms with van der Waals surface area (Å²) in [6.07, 6.45) is 57.8. The number of hydrogen-bond acceptors (Lipinski definition) is 4. The summed E-state index contributed by atoms with van der Waals surface area (Å²) in [4.78, 5) is 12.5. The molecule has 0 saturated heterocycles. The van der Waals surface area contributed by atoms with Crippen LogP contribution < -0.4 is 5.32 Å². The largest absolute Gasteiger partial charge is 0.387 e. The third-order valence-corrected chi connectivity index (χ3v) is 10.9. The summed E-state index contributed by atoms with van der Waals surface area (Å²) in [6, 6.07) is -1.08. The van der Waals surface area contributed by atoms with E-state index in [4.69, 9.17) is 0 Å². The smallest absolute Gasteiger partial charge is 0.267 e. The van der Waals surface area contributed by atoms with Gasteiger partial charge in [-0.25, -0.2) is 0 Å². The standard InChI is InChI=1S/C48H87NO5S/c1-3-5-7-9-11-13-15-17-19-21-23-24-26-27-29-31-33-35-37-39-41-43-47(50)46(45-55(52,53)54)49-48(51)44-42-40-38-36-34-32-30-28-25-22-20-18-16-14-12-10-8-6-4-2/h12,14,18,20,25,28,33,35,41,43,46-47,50H,3-11,13,15-17,19,21-24,26-27,29-32,34,36-40,42,44-45H2,1-2H3,(H,49,51)(H,52,53,54)/b14-12-,20-18-,28-25-,35-33+,43-41+. The van der Waals surface area contributed by atoms with Crippen LogP contribution in [-0.4, -0.2) is 41.9 Å². The van der Waals surface area contributed by atoms with Crippen molar-refractivity contribution in [1.82, 2.24) is 5.32 Å². The molecule has 0 aliphatic heterocycles. The molecular weight excluding hydrogens is 703 g/mol. The molecule has 0 rings (SSSR count). The highest BCUT2D eigenvalue weighted by Gasteiger charge is 2.24. The maximum absolute atomic E-state index is 12.5. The first-order valence-electron chi connectivity index (χ1n) is 23.0. The number of carbonyl (C=O) groups excluding carboxylic acids is 1. The molecule has 0 aromatic rings. The maximum Gasteiger partial charge on any atom is 0.267 e. The molecule has 3 N–H and O–H groups in total. The van der Waals surface area contributed by atoms with E-state index < -0.39 is 28.0 Å². The van der Waals surface area contributed by atoms with E-state index >= 15 is 0 Å². The van der Waals surface area contributed by atoms with E-state index in [1.165, 1.54) is 141 Å². The number of unbranched alkanes of at least 4 members (excludes halogenated alkanes) is 25. The summed E-state index contributed by atoms with van der Waals surface area (Å²) >= 11 is 0. The van der Waals surface area contributed by atoms with Gasteiger partial charge < -0.3 is 10.4 Å². The molecule has 0 bridgehead atoms. The second kappa shape index (κ2) is 41.7. The van der Waals surface area contributed by atoms with Crippen molar-refractivity contribution in [2.75, 3.05) is 5.75 Å². The molecule has 320 valence electrons. The van der Waals surface area contributed by atoms with E-state index in [1.807, 2.05) is 6.08 Å². The van der Waals surface area contributed by atoms with Gasteiger partial charge in [-0.3, -0.25) is 9.35 Å². The molecule has 7 heteroatoms. The molecule has 0 aliphatic rings. The minimum absolute atomic E-state index is 0.271. The highest BCUT2D eigenvalue weighted by molar-refractivity contribution is 7.85. The molecular formula is C48H87NO5S. The van der Waals surface area contributed by atoms with Crippen LogP contribution in [0.4, 0.5) is 0 Å². The quantitative estimate of drug-likeness (QED) is 0.0325. The first kappa shape index (κ1) is 53.0. The number of rotatable bonds is 41. The molecule has 0 radical (unpaired) electrons. The minimum Gasteiger partial charge on any atom is -0.387 e. The monoisotopic (exact) mass is 790 g/mol. The van der Waals surface area contributed by atoms with Crippen LogP contribution in [0.15, 0.2) is 60.8 Å². The van der Waals surface area contributed by atoms with Crippen LogP contribution in [0.2, 0.25) is 0 Å². The Morgan fingerprint density at radius 2 is 0.836 bits per heavy atom. The normalized spacial score (nSPS) is 13.7. The van der Waals surface area contributed by atoms with Gasteiger partial charge >= 0.3 is 0 Å². The molecule has 6 nitrogen and oxygen atoms in total. The van der Waals surface area contributed by atoms with Gasteiger partial charge in [0.2, 0.25) is 5.91 Å². The van der Waals surface area contributed by atoms with Gasteiger partial charge in [0.05, 0.1) is 17.9 Å². The van der Waals surface area contributed by atoms with Gasteiger partial charge in [0.15, 0.2) is 0 Å². The van der Waals surface area contributed by atoms with Crippen LogP contribution in [0.25, 0.3) is 0 Å². The van der Waals surface area contributed by atoms with Gasteiger partial charge in [-0.1, -0.05) is 203 Å². The number of nitrogens with one attached hydrogen (secondary N) is 1. The molecule has 0 heterocycles. The van der Waals surface area contributed by atoms with Crippen molar-refractivity contribution in [3.63, 3.8) is 0 Å². The molecule has 2 unspecified atom stereocenters. The van der Waals surface area contributed by atoms with Gasteiger partial charge in [-0.15, -0.1) is 0 Å². The SMILES string of the molecule is CCCCC/C=C\C/C=C\C/C=C\CCCCCCCCC(=O)NC(CS(=O)(=O)O)C(O)/C=C/CC/C=C/CCCCCCCCCCCCCCCCC. The van der Waals surface area contributed by atoms with Crippen LogP contribution in [0, 0.1) is 0 Å². The lowest BCUT2D eigenvalue weighted by Crippen LogP contribution is -2.46. The lowest BCUT2D eigenvalue weighted by Gasteiger charge is -2.21. The van der Waals surface area contributed by atoms with Gasteiger partial charge in [-0.2, -0.15) is 8.42 Å². The highest BCUT2D eigenvalue weighted by atomic mass is 32.2. The van der Waals surface area contributed by atoms with Gasteiger partial charge in [0, 0.05) is 6.42 Å². The fraction of sp³-hybridized carbons (Fsp3) is 0.771. The van der Waals surface area contributed by atoms with Crippen molar-refractivity contribution in [3.8, 4) is 0 Å². The maximum atomic E-state index is 12.5. The van der Waals surface area contributed by atoms with E-state index in [-0.39, 0.29) is 12.3 Å². The molecule has 2 atom stereocenters. The summed E-state index contributed by atoms with van der Waals surface area (Å²) in [7, 11) is -4.36. The van der Waals surface area contributed by atoms with Crippen LogP contribution in [0.1, 0.15) is 219 Å². The second-order valence-corrected chi connectivity index (χ2v) is 17.2. The number of carbonyl (C=O) groups is 1. The predicted molar refractivity (Wildman–Crippen MR) is 239 cm³/mol. The Kier molecular flexibility index (Phi) is 40.2. The van der Waals surface area contributed by atoms with Crippen molar-refractivity contribution < 1.29 is 22.9 Å². The van der Waals surface area contributed by atoms with Crippen molar-refractivity contribution in [1.29, 1.82) is 0 Å². The number of allylic oxidation sites excluding steroid dienone is 9. The van der Waals surface area contributed by atoms with E-state index in [0.29, 0.717) is 12.8 Å². The third-order valence-electron chi connectivity index (χ3n) is 10.2. The Hall–Kier alpha value is -1.96. The lowest BCUT2D eigenvalue weighted by atomic mass is 10.0.